The molecular weight excluding hydrogens is 330 g/mol. The molecule has 2 aromatic rings. The third-order valence-electron chi connectivity index (χ3n) is 3.45. The van der Waals surface area contributed by atoms with Gasteiger partial charge >= 0.3 is 0 Å². The average molecular weight is 351 g/mol. The number of aryl methyl sites for hydroxylation is 1. The zero-order chi connectivity index (χ0) is 17.6. The lowest BCUT2D eigenvalue weighted by atomic mass is 10.2. The molecule has 0 bridgehead atoms. The maximum Gasteiger partial charge on any atom is 0.243 e. The number of aromatic nitrogens is 1. The van der Waals surface area contributed by atoms with Gasteiger partial charge in [0.2, 0.25) is 15.9 Å². The van der Waals surface area contributed by atoms with Crippen molar-refractivity contribution in [2.24, 2.45) is 0 Å². The molecule has 1 N–H and O–H groups in total. The van der Waals surface area contributed by atoms with Crippen LogP contribution in [0.3, 0.4) is 0 Å². The van der Waals surface area contributed by atoms with E-state index < -0.39 is 15.9 Å². The topological polar surface area (TPSA) is 92.5 Å². The van der Waals surface area contributed by atoms with Gasteiger partial charge in [-0.3, -0.25) is 4.79 Å². The Labute approximate surface area is 141 Å². The second kappa shape index (κ2) is 8.07. The second-order valence-electron chi connectivity index (χ2n) is 5.44. The van der Waals surface area contributed by atoms with E-state index in [1.807, 2.05) is 13.8 Å². The highest BCUT2D eigenvalue weighted by molar-refractivity contribution is 7.89. The first-order valence-electron chi connectivity index (χ1n) is 7.70. The fourth-order valence-electron chi connectivity index (χ4n) is 2.10. The summed E-state index contributed by atoms with van der Waals surface area (Å²) in [6.45, 7) is 3.85. The monoisotopic (exact) mass is 351 g/mol. The molecule has 0 radical (unpaired) electrons. The Hall–Kier alpha value is -2.19. The van der Waals surface area contributed by atoms with E-state index in [0.717, 1.165) is 12.0 Å². The minimum absolute atomic E-state index is 0.179. The number of nitrogens with one attached hydrogen (secondary N) is 1. The van der Waals surface area contributed by atoms with E-state index in [0.29, 0.717) is 6.42 Å². The minimum atomic E-state index is -3.74. The van der Waals surface area contributed by atoms with Gasteiger partial charge < -0.3 is 9.84 Å². The Kier molecular flexibility index (Phi) is 6.10. The van der Waals surface area contributed by atoms with Crippen LogP contribution in [0.5, 0.6) is 0 Å². The fraction of sp³-hybridized carbons (Fsp3) is 0.375. The molecule has 130 valence electrons. The van der Waals surface area contributed by atoms with E-state index in [2.05, 4.69) is 15.0 Å². The van der Waals surface area contributed by atoms with Crippen LogP contribution >= 0.6 is 0 Å². The van der Waals surface area contributed by atoms with E-state index >= 15 is 0 Å². The van der Waals surface area contributed by atoms with Gasteiger partial charge in [-0.1, -0.05) is 36.2 Å². The summed E-state index contributed by atoms with van der Waals surface area (Å²) < 4.78 is 31.4. The maximum absolute atomic E-state index is 12.8. The summed E-state index contributed by atoms with van der Waals surface area (Å²) in [5.41, 5.74) is 0.970. The molecule has 1 amide bonds. The molecule has 24 heavy (non-hydrogen) atoms. The third-order valence-corrected chi connectivity index (χ3v) is 5.30. The van der Waals surface area contributed by atoms with Gasteiger partial charge in [0.1, 0.15) is 6.26 Å². The molecule has 0 unspecified atom stereocenters. The van der Waals surface area contributed by atoms with Crippen molar-refractivity contribution in [3.63, 3.8) is 0 Å². The second-order valence-corrected chi connectivity index (χ2v) is 7.38. The molecule has 1 aromatic carbocycles. The lowest BCUT2D eigenvalue weighted by Gasteiger charge is -2.21. The molecule has 0 aliphatic rings. The van der Waals surface area contributed by atoms with Crippen molar-refractivity contribution in [3.8, 4) is 0 Å². The smallest absolute Gasteiger partial charge is 0.243 e. The van der Waals surface area contributed by atoms with Crippen molar-refractivity contribution < 1.29 is 17.7 Å². The molecule has 0 fully saturated rings. The number of carbonyl (C=O) groups is 1. The van der Waals surface area contributed by atoms with Crippen LogP contribution < -0.4 is 5.32 Å². The lowest BCUT2D eigenvalue weighted by molar-refractivity contribution is -0.116. The summed E-state index contributed by atoms with van der Waals surface area (Å²) in [5.74, 6) is -0.209. The molecule has 0 spiro atoms. The van der Waals surface area contributed by atoms with Gasteiger partial charge in [0.05, 0.1) is 11.4 Å². The summed E-state index contributed by atoms with van der Waals surface area (Å²) in [7, 11) is -3.74. The van der Waals surface area contributed by atoms with Crippen LogP contribution in [-0.2, 0) is 14.8 Å². The molecule has 0 saturated carbocycles. The number of anilines is 1. The van der Waals surface area contributed by atoms with Gasteiger partial charge in [0.25, 0.3) is 0 Å². The van der Waals surface area contributed by atoms with Gasteiger partial charge in [-0.2, -0.15) is 4.31 Å². The number of hydrogen-bond donors (Lipinski definition) is 1. The molecule has 0 saturated heterocycles. The van der Waals surface area contributed by atoms with Crippen molar-refractivity contribution in [2.75, 3.05) is 18.4 Å². The predicted molar refractivity (Wildman–Crippen MR) is 90.0 cm³/mol. The molecule has 7 nitrogen and oxygen atoms in total. The van der Waals surface area contributed by atoms with Crippen molar-refractivity contribution >= 4 is 21.7 Å². The SMILES string of the molecule is CCCCN(CC(=O)Nc1ccon1)S(=O)(=O)c1ccc(C)cc1. The standard InChI is InChI=1S/C16H21N3O4S/c1-3-4-10-19(12-16(20)17-15-9-11-23-18-15)24(21,22)14-7-5-13(2)6-8-14/h5-9,11H,3-4,10,12H2,1-2H3,(H,17,18,20). The largest absolute Gasteiger partial charge is 0.363 e. The fourth-order valence-corrected chi connectivity index (χ4v) is 3.53. The highest BCUT2D eigenvalue weighted by Crippen LogP contribution is 2.17. The van der Waals surface area contributed by atoms with Crippen LogP contribution in [0.4, 0.5) is 5.82 Å². The average Bonchev–Trinajstić information content (AvgIpc) is 3.04. The number of unbranched alkanes of at least 4 members (excludes halogenated alkanes) is 1. The Bertz CT molecular complexity index is 755. The predicted octanol–water partition coefficient (Wildman–Crippen LogP) is 2.41. The van der Waals surface area contributed by atoms with Gasteiger partial charge in [-0.05, 0) is 25.5 Å². The van der Waals surface area contributed by atoms with Crippen LogP contribution in [0.25, 0.3) is 0 Å². The molecule has 8 heteroatoms. The number of sulfonamides is 1. The van der Waals surface area contributed by atoms with Crippen molar-refractivity contribution in [1.82, 2.24) is 9.46 Å². The number of hydrogen-bond acceptors (Lipinski definition) is 5. The van der Waals surface area contributed by atoms with Crippen LogP contribution in [0, 0.1) is 6.92 Å². The van der Waals surface area contributed by atoms with Gasteiger partial charge in [0, 0.05) is 12.6 Å². The van der Waals surface area contributed by atoms with Crippen molar-refractivity contribution in [1.29, 1.82) is 0 Å². The Balaban J connectivity index is 2.16. The van der Waals surface area contributed by atoms with E-state index in [9.17, 15) is 13.2 Å². The number of nitrogens with zero attached hydrogens (tertiary/aromatic N) is 2. The van der Waals surface area contributed by atoms with Crippen LogP contribution in [-0.4, -0.2) is 36.9 Å². The normalized spacial score (nSPS) is 11.6. The van der Waals surface area contributed by atoms with Crippen LogP contribution in [0.15, 0.2) is 46.0 Å². The van der Waals surface area contributed by atoms with Crippen molar-refractivity contribution in [2.45, 2.75) is 31.6 Å². The zero-order valence-electron chi connectivity index (χ0n) is 13.7. The summed E-state index contributed by atoms with van der Waals surface area (Å²) in [4.78, 5) is 12.3. The van der Waals surface area contributed by atoms with E-state index in [1.54, 1.807) is 24.3 Å². The van der Waals surface area contributed by atoms with E-state index in [-0.39, 0.29) is 23.8 Å². The minimum Gasteiger partial charge on any atom is -0.363 e. The zero-order valence-corrected chi connectivity index (χ0v) is 14.5. The molecule has 2 rings (SSSR count). The van der Waals surface area contributed by atoms with Crippen LogP contribution in [0.2, 0.25) is 0 Å². The lowest BCUT2D eigenvalue weighted by Crippen LogP contribution is -2.38. The highest BCUT2D eigenvalue weighted by atomic mass is 32.2. The number of rotatable bonds is 8. The molecule has 1 heterocycles. The van der Waals surface area contributed by atoms with Crippen LogP contribution in [0.1, 0.15) is 25.3 Å². The maximum atomic E-state index is 12.8. The number of carbonyl (C=O) groups excluding carboxylic acids is 1. The summed E-state index contributed by atoms with van der Waals surface area (Å²) in [5, 5.41) is 6.09. The summed E-state index contributed by atoms with van der Waals surface area (Å²) in [6.07, 6.45) is 2.82. The number of benzene rings is 1. The Morgan fingerprint density at radius 3 is 2.54 bits per heavy atom. The first kappa shape index (κ1) is 18.2. The third kappa shape index (κ3) is 4.65. The molecule has 0 aliphatic heterocycles. The highest BCUT2D eigenvalue weighted by Gasteiger charge is 2.26. The Morgan fingerprint density at radius 1 is 1.25 bits per heavy atom. The molecule has 0 atom stereocenters. The first-order chi connectivity index (χ1) is 11.4. The van der Waals surface area contributed by atoms with Gasteiger partial charge in [-0.25, -0.2) is 8.42 Å². The number of amides is 1. The summed E-state index contributed by atoms with van der Waals surface area (Å²) in [6, 6.07) is 8.07. The van der Waals surface area contributed by atoms with Gasteiger partial charge in [-0.15, -0.1) is 0 Å². The van der Waals surface area contributed by atoms with Crippen molar-refractivity contribution in [3.05, 3.63) is 42.2 Å². The van der Waals surface area contributed by atoms with E-state index in [4.69, 9.17) is 0 Å². The molecule has 0 aliphatic carbocycles. The quantitative estimate of drug-likeness (QED) is 0.788. The molecular formula is C16H21N3O4S. The first-order valence-corrected chi connectivity index (χ1v) is 9.14. The summed E-state index contributed by atoms with van der Waals surface area (Å²) >= 11 is 0. The Morgan fingerprint density at radius 2 is 1.96 bits per heavy atom. The molecule has 1 aromatic heterocycles. The van der Waals surface area contributed by atoms with E-state index in [1.165, 1.54) is 16.6 Å². The van der Waals surface area contributed by atoms with Gasteiger partial charge in [0.15, 0.2) is 5.82 Å².